The average molecular weight is 176 g/mol. The number of hydrogen-bond acceptors (Lipinski definition) is 4. The van der Waals surface area contributed by atoms with Crippen LogP contribution in [-0.4, -0.2) is 21.3 Å². The molecule has 5 heteroatoms. The van der Waals surface area contributed by atoms with Gasteiger partial charge in [0.1, 0.15) is 12.1 Å². The SMILES string of the molecule is N#Cc1ncn(CCCO)c1C#N. The van der Waals surface area contributed by atoms with Gasteiger partial charge in [-0.05, 0) is 6.42 Å². The molecule has 0 atom stereocenters. The second kappa shape index (κ2) is 4.24. The molecule has 1 aromatic rings. The summed E-state index contributed by atoms with van der Waals surface area (Å²) in [7, 11) is 0. The molecule has 1 N–H and O–H groups in total. The Morgan fingerprint density at radius 3 is 2.77 bits per heavy atom. The number of nitrogens with zero attached hydrogens (tertiary/aromatic N) is 4. The number of hydrogen-bond donors (Lipinski definition) is 1. The predicted octanol–water partition coefficient (Wildman–Crippen LogP) is 0.00886. The molecule has 0 radical (unpaired) electrons. The van der Waals surface area contributed by atoms with E-state index in [9.17, 15) is 0 Å². The van der Waals surface area contributed by atoms with Gasteiger partial charge in [-0.25, -0.2) is 4.98 Å². The lowest BCUT2D eigenvalue weighted by Gasteiger charge is -1.99. The van der Waals surface area contributed by atoms with Crippen molar-refractivity contribution in [2.45, 2.75) is 13.0 Å². The van der Waals surface area contributed by atoms with Crippen molar-refractivity contribution in [1.82, 2.24) is 9.55 Å². The third-order valence-corrected chi connectivity index (χ3v) is 1.61. The van der Waals surface area contributed by atoms with E-state index in [-0.39, 0.29) is 18.0 Å². The monoisotopic (exact) mass is 176 g/mol. The molecular formula is C8H8N4O. The van der Waals surface area contributed by atoms with Gasteiger partial charge in [0.15, 0.2) is 11.4 Å². The third-order valence-electron chi connectivity index (χ3n) is 1.61. The van der Waals surface area contributed by atoms with Crippen LogP contribution in [0, 0.1) is 22.7 Å². The highest BCUT2D eigenvalue weighted by molar-refractivity contribution is 5.35. The summed E-state index contributed by atoms with van der Waals surface area (Å²) in [4.78, 5) is 3.76. The van der Waals surface area contributed by atoms with Gasteiger partial charge in [-0.15, -0.1) is 0 Å². The van der Waals surface area contributed by atoms with Gasteiger partial charge in [0.25, 0.3) is 0 Å². The van der Waals surface area contributed by atoms with E-state index in [1.165, 1.54) is 6.33 Å². The van der Waals surface area contributed by atoms with Crippen molar-refractivity contribution in [3.63, 3.8) is 0 Å². The molecule has 0 spiro atoms. The Kier molecular flexibility index (Phi) is 3.02. The fourth-order valence-corrected chi connectivity index (χ4v) is 0.992. The van der Waals surface area contributed by atoms with Crippen LogP contribution in [0.3, 0.4) is 0 Å². The van der Waals surface area contributed by atoms with Gasteiger partial charge in [0.05, 0.1) is 6.33 Å². The van der Waals surface area contributed by atoms with Crippen LogP contribution >= 0.6 is 0 Å². The Balaban J connectivity index is 2.91. The highest BCUT2D eigenvalue weighted by Gasteiger charge is 2.08. The summed E-state index contributed by atoms with van der Waals surface area (Å²) in [6.07, 6.45) is 1.99. The van der Waals surface area contributed by atoms with Crippen molar-refractivity contribution >= 4 is 0 Å². The molecule has 0 saturated carbocycles. The molecule has 5 nitrogen and oxygen atoms in total. The fraction of sp³-hybridized carbons (Fsp3) is 0.375. The third kappa shape index (κ3) is 1.84. The van der Waals surface area contributed by atoms with Crippen LogP contribution in [0.5, 0.6) is 0 Å². The molecule has 0 aliphatic rings. The van der Waals surface area contributed by atoms with Gasteiger partial charge in [-0.3, -0.25) is 0 Å². The van der Waals surface area contributed by atoms with Crippen LogP contribution in [0.2, 0.25) is 0 Å². The van der Waals surface area contributed by atoms with Crippen molar-refractivity contribution in [2.24, 2.45) is 0 Å². The zero-order valence-electron chi connectivity index (χ0n) is 6.93. The Morgan fingerprint density at radius 1 is 1.46 bits per heavy atom. The lowest BCUT2D eigenvalue weighted by atomic mass is 10.3. The predicted molar refractivity (Wildman–Crippen MR) is 43.4 cm³/mol. The first kappa shape index (κ1) is 9.24. The second-order valence-corrected chi connectivity index (χ2v) is 2.44. The molecule has 1 aromatic heterocycles. The van der Waals surface area contributed by atoms with E-state index >= 15 is 0 Å². The highest BCUT2D eigenvalue weighted by Crippen LogP contribution is 2.05. The van der Waals surface area contributed by atoms with Crippen molar-refractivity contribution in [2.75, 3.05) is 6.61 Å². The van der Waals surface area contributed by atoms with Gasteiger partial charge in [0.2, 0.25) is 0 Å². The van der Waals surface area contributed by atoms with E-state index < -0.39 is 0 Å². The Hall–Kier alpha value is -1.85. The zero-order valence-corrected chi connectivity index (χ0v) is 6.93. The molecule has 0 unspecified atom stereocenters. The van der Waals surface area contributed by atoms with E-state index in [4.69, 9.17) is 15.6 Å². The molecule has 1 heterocycles. The maximum Gasteiger partial charge on any atom is 0.176 e. The molecule has 13 heavy (non-hydrogen) atoms. The lowest BCUT2D eigenvalue weighted by Crippen LogP contribution is -2.01. The number of nitriles is 2. The number of rotatable bonds is 3. The summed E-state index contributed by atoms with van der Waals surface area (Å²) >= 11 is 0. The van der Waals surface area contributed by atoms with Crippen molar-refractivity contribution < 1.29 is 5.11 Å². The van der Waals surface area contributed by atoms with Crippen LogP contribution in [0.25, 0.3) is 0 Å². The average Bonchev–Trinajstić information content (AvgIpc) is 2.56. The van der Waals surface area contributed by atoms with Gasteiger partial charge in [-0.2, -0.15) is 10.5 Å². The first-order valence-corrected chi connectivity index (χ1v) is 3.79. The normalized spacial score (nSPS) is 9.15. The highest BCUT2D eigenvalue weighted by atomic mass is 16.3. The second-order valence-electron chi connectivity index (χ2n) is 2.44. The minimum Gasteiger partial charge on any atom is -0.396 e. The lowest BCUT2D eigenvalue weighted by molar-refractivity contribution is 0.279. The Bertz CT molecular complexity index is 368. The summed E-state index contributed by atoms with van der Waals surface area (Å²) in [6.45, 7) is 0.568. The van der Waals surface area contributed by atoms with E-state index in [0.29, 0.717) is 13.0 Å². The first-order valence-electron chi connectivity index (χ1n) is 3.79. The Labute approximate surface area is 75.5 Å². The molecule has 66 valence electrons. The summed E-state index contributed by atoms with van der Waals surface area (Å²) < 4.78 is 1.56. The molecule has 0 amide bonds. The van der Waals surface area contributed by atoms with Crippen LogP contribution in [0.1, 0.15) is 17.8 Å². The van der Waals surface area contributed by atoms with Crippen molar-refractivity contribution in [3.8, 4) is 12.1 Å². The van der Waals surface area contributed by atoms with E-state index in [2.05, 4.69) is 4.98 Å². The molecule has 0 bridgehead atoms. The molecular weight excluding hydrogens is 168 g/mol. The van der Waals surface area contributed by atoms with Gasteiger partial charge >= 0.3 is 0 Å². The molecule has 1 rings (SSSR count). The molecule has 0 aromatic carbocycles. The largest absolute Gasteiger partial charge is 0.396 e. The van der Waals surface area contributed by atoms with Crippen LogP contribution in [0.15, 0.2) is 6.33 Å². The number of imidazole rings is 1. The molecule has 0 saturated heterocycles. The summed E-state index contributed by atoms with van der Waals surface area (Å²) in [5, 5.41) is 25.8. The van der Waals surface area contributed by atoms with Crippen LogP contribution in [0.4, 0.5) is 0 Å². The summed E-state index contributed by atoms with van der Waals surface area (Å²) in [5.74, 6) is 0. The summed E-state index contributed by atoms with van der Waals surface area (Å²) in [5.41, 5.74) is 0.399. The topological polar surface area (TPSA) is 85.6 Å². The van der Waals surface area contributed by atoms with E-state index in [0.717, 1.165) is 0 Å². The standard InChI is InChI=1S/C8H8N4O/c9-4-7-8(5-10)12(6-11-7)2-1-3-13/h6,13H,1-3H2. The van der Waals surface area contributed by atoms with E-state index in [1.54, 1.807) is 4.57 Å². The Morgan fingerprint density at radius 2 is 2.23 bits per heavy atom. The van der Waals surface area contributed by atoms with Crippen molar-refractivity contribution in [3.05, 3.63) is 17.7 Å². The van der Waals surface area contributed by atoms with Crippen LogP contribution < -0.4 is 0 Å². The maximum absolute atomic E-state index is 8.69. The quantitative estimate of drug-likeness (QED) is 0.702. The van der Waals surface area contributed by atoms with Crippen molar-refractivity contribution in [1.29, 1.82) is 10.5 Å². The van der Waals surface area contributed by atoms with Gasteiger partial charge in [-0.1, -0.05) is 0 Å². The fourth-order valence-electron chi connectivity index (χ4n) is 0.992. The minimum absolute atomic E-state index is 0.0605. The maximum atomic E-state index is 8.69. The smallest absolute Gasteiger partial charge is 0.176 e. The molecule has 0 aliphatic heterocycles. The first-order chi connectivity index (χ1) is 6.33. The zero-order chi connectivity index (χ0) is 9.68. The van der Waals surface area contributed by atoms with Crippen LogP contribution in [-0.2, 0) is 6.54 Å². The minimum atomic E-state index is 0.0605. The number of aromatic nitrogens is 2. The van der Waals surface area contributed by atoms with Gasteiger partial charge < -0.3 is 9.67 Å². The molecule has 0 fully saturated rings. The number of aliphatic hydroxyl groups is 1. The molecule has 0 aliphatic carbocycles. The number of aryl methyl sites for hydroxylation is 1. The van der Waals surface area contributed by atoms with E-state index in [1.807, 2.05) is 12.1 Å². The summed E-state index contributed by atoms with van der Waals surface area (Å²) in [6, 6.07) is 3.73. The van der Waals surface area contributed by atoms with Gasteiger partial charge in [0, 0.05) is 13.2 Å². The number of aliphatic hydroxyl groups excluding tert-OH is 1.